The first-order chi connectivity index (χ1) is 10.7. The number of hydrogen-bond acceptors (Lipinski definition) is 3. The number of phenolic OH excluding ortho intramolecular Hbond substituents is 1. The van der Waals surface area contributed by atoms with Crippen LogP contribution in [0.2, 0.25) is 0 Å². The molecule has 0 unspecified atom stereocenters. The van der Waals surface area contributed by atoms with Crippen LogP contribution in [0.15, 0.2) is 23.8 Å². The molecule has 0 saturated heterocycles. The molecule has 0 amide bonds. The van der Waals surface area contributed by atoms with Gasteiger partial charge < -0.3 is 9.84 Å². The van der Waals surface area contributed by atoms with Crippen LogP contribution in [0.3, 0.4) is 0 Å². The van der Waals surface area contributed by atoms with E-state index >= 15 is 0 Å². The Morgan fingerprint density at radius 2 is 1.77 bits per heavy atom. The Morgan fingerprint density at radius 3 is 2.27 bits per heavy atom. The summed E-state index contributed by atoms with van der Waals surface area (Å²) in [5.74, 6) is 4.09. The molecule has 3 heteroatoms. The average molecular weight is 298 g/mol. The maximum Gasteiger partial charge on any atom is 0.153 e. The lowest BCUT2D eigenvalue weighted by atomic mass is 9.54. The second-order valence-corrected chi connectivity index (χ2v) is 7.18. The summed E-state index contributed by atoms with van der Waals surface area (Å²) in [6, 6.07) is 5.23. The smallest absolute Gasteiger partial charge is 0.153 e. The molecule has 0 aromatic heterocycles. The quantitative estimate of drug-likeness (QED) is 0.677. The lowest BCUT2D eigenvalue weighted by molar-refractivity contribution is 0.0675. The van der Waals surface area contributed by atoms with E-state index in [0.717, 1.165) is 23.2 Å². The first-order valence-electron chi connectivity index (χ1n) is 8.26. The Balaban J connectivity index is 1.78. The molecule has 4 aliphatic rings. The minimum absolute atomic E-state index is 0.0338. The van der Waals surface area contributed by atoms with Crippen molar-refractivity contribution in [2.45, 2.75) is 32.1 Å². The van der Waals surface area contributed by atoms with Crippen molar-refractivity contribution in [3.8, 4) is 5.75 Å². The van der Waals surface area contributed by atoms with E-state index in [4.69, 9.17) is 4.74 Å². The fourth-order valence-electron chi connectivity index (χ4n) is 5.25. The van der Waals surface area contributed by atoms with Crippen LogP contribution in [0.25, 0.3) is 5.76 Å². The van der Waals surface area contributed by atoms with Gasteiger partial charge in [-0.2, -0.15) is 0 Å². The van der Waals surface area contributed by atoms with Crippen molar-refractivity contribution in [2.75, 3.05) is 7.11 Å². The molecule has 1 N–H and O–H groups in total. The van der Waals surface area contributed by atoms with Crippen molar-refractivity contribution in [3.63, 3.8) is 0 Å². The highest BCUT2D eigenvalue weighted by atomic mass is 16.5. The maximum atomic E-state index is 10.9. The van der Waals surface area contributed by atoms with E-state index in [9.17, 15) is 9.90 Å². The number of phenols is 1. The highest BCUT2D eigenvalue weighted by Gasteiger charge is 2.46. The van der Waals surface area contributed by atoms with E-state index < -0.39 is 0 Å². The summed E-state index contributed by atoms with van der Waals surface area (Å²) in [7, 11) is 1.72. The summed E-state index contributed by atoms with van der Waals surface area (Å²) in [6.45, 7) is 0. The number of carbonyl (C=O) groups is 1. The van der Waals surface area contributed by atoms with Gasteiger partial charge in [0.1, 0.15) is 11.5 Å². The van der Waals surface area contributed by atoms with Crippen LogP contribution < -0.4 is 0 Å². The Morgan fingerprint density at radius 1 is 1.14 bits per heavy atom. The van der Waals surface area contributed by atoms with Gasteiger partial charge in [-0.15, -0.1) is 0 Å². The van der Waals surface area contributed by atoms with E-state index in [2.05, 4.69) is 0 Å². The van der Waals surface area contributed by atoms with Gasteiger partial charge in [-0.25, -0.2) is 0 Å². The Labute approximate surface area is 131 Å². The van der Waals surface area contributed by atoms with Crippen LogP contribution in [-0.4, -0.2) is 18.5 Å². The van der Waals surface area contributed by atoms with Crippen LogP contribution in [0.5, 0.6) is 5.75 Å². The standard InChI is InChI=1S/C19H22O3/c1-22-19(13-2-3-14(10-20)17(21)9-13)18-15-5-11-4-12(7-15)8-16(18)6-11/h2-3,9-12,15-16,21H,4-8H2,1H3. The van der Waals surface area contributed by atoms with Gasteiger partial charge in [0.05, 0.1) is 12.7 Å². The summed E-state index contributed by atoms with van der Waals surface area (Å²) >= 11 is 0. The van der Waals surface area contributed by atoms with Gasteiger partial charge >= 0.3 is 0 Å². The van der Waals surface area contributed by atoms with Gasteiger partial charge in [0.15, 0.2) is 6.29 Å². The molecule has 0 spiro atoms. The molecule has 5 rings (SSSR count). The highest BCUT2D eigenvalue weighted by molar-refractivity contribution is 5.80. The number of benzene rings is 1. The minimum Gasteiger partial charge on any atom is -0.507 e. The molecule has 116 valence electrons. The minimum atomic E-state index is 0.0338. The van der Waals surface area contributed by atoms with Crippen molar-refractivity contribution >= 4 is 12.0 Å². The van der Waals surface area contributed by atoms with E-state index in [1.165, 1.54) is 37.7 Å². The summed E-state index contributed by atoms with van der Waals surface area (Å²) in [5, 5.41) is 9.98. The van der Waals surface area contributed by atoms with Crippen LogP contribution in [0, 0.1) is 23.7 Å². The molecule has 4 bridgehead atoms. The van der Waals surface area contributed by atoms with E-state index in [0.29, 0.717) is 23.7 Å². The van der Waals surface area contributed by atoms with Crippen molar-refractivity contribution in [2.24, 2.45) is 23.7 Å². The van der Waals surface area contributed by atoms with Gasteiger partial charge in [0.25, 0.3) is 0 Å². The van der Waals surface area contributed by atoms with Crippen LogP contribution >= 0.6 is 0 Å². The first-order valence-corrected chi connectivity index (χ1v) is 8.26. The number of aldehydes is 1. The van der Waals surface area contributed by atoms with Crippen molar-refractivity contribution in [3.05, 3.63) is 34.9 Å². The van der Waals surface area contributed by atoms with Crippen LogP contribution in [0.4, 0.5) is 0 Å². The fourth-order valence-corrected chi connectivity index (χ4v) is 5.25. The van der Waals surface area contributed by atoms with Gasteiger partial charge in [-0.1, -0.05) is 6.07 Å². The molecule has 0 heterocycles. The fraction of sp³-hybridized carbons (Fsp3) is 0.526. The third-order valence-electron chi connectivity index (χ3n) is 5.90. The third kappa shape index (κ3) is 2.06. The molecule has 4 saturated carbocycles. The Bertz CT molecular complexity index is 614. The van der Waals surface area contributed by atoms with Gasteiger partial charge in [0.2, 0.25) is 0 Å². The third-order valence-corrected chi connectivity index (χ3v) is 5.90. The number of carbonyl (C=O) groups excluding carboxylic acids is 1. The van der Waals surface area contributed by atoms with E-state index in [1.807, 2.05) is 6.07 Å². The second kappa shape index (κ2) is 5.15. The molecule has 3 nitrogen and oxygen atoms in total. The summed E-state index contributed by atoms with van der Waals surface area (Å²) in [4.78, 5) is 10.9. The summed E-state index contributed by atoms with van der Waals surface area (Å²) in [5.41, 5.74) is 2.69. The predicted molar refractivity (Wildman–Crippen MR) is 84.5 cm³/mol. The Hall–Kier alpha value is -1.77. The Kier molecular flexibility index (Phi) is 3.24. The zero-order valence-corrected chi connectivity index (χ0v) is 12.9. The van der Waals surface area contributed by atoms with Gasteiger partial charge in [-0.05, 0) is 73.5 Å². The number of aromatic hydroxyl groups is 1. The largest absolute Gasteiger partial charge is 0.507 e. The molecule has 4 fully saturated rings. The maximum absolute atomic E-state index is 10.9. The second-order valence-electron chi connectivity index (χ2n) is 7.18. The zero-order chi connectivity index (χ0) is 15.3. The first kappa shape index (κ1) is 13.9. The average Bonchev–Trinajstić information content (AvgIpc) is 2.50. The number of allylic oxidation sites excluding steroid dienone is 1. The van der Waals surface area contributed by atoms with Crippen molar-refractivity contribution < 1.29 is 14.6 Å². The molecule has 0 atom stereocenters. The normalized spacial score (nSPS) is 32.1. The molecular formula is C19H22O3. The number of rotatable bonds is 3. The lowest BCUT2D eigenvalue weighted by Gasteiger charge is -2.51. The van der Waals surface area contributed by atoms with Crippen molar-refractivity contribution in [1.29, 1.82) is 0 Å². The van der Waals surface area contributed by atoms with E-state index in [1.54, 1.807) is 19.2 Å². The monoisotopic (exact) mass is 298 g/mol. The van der Waals surface area contributed by atoms with Gasteiger partial charge in [0, 0.05) is 5.56 Å². The number of hydrogen-bond donors (Lipinski definition) is 1. The van der Waals surface area contributed by atoms with Gasteiger partial charge in [-0.3, -0.25) is 4.79 Å². The van der Waals surface area contributed by atoms with E-state index in [-0.39, 0.29) is 5.75 Å². The topological polar surface area (TPSA) is 46.5 Å². The number of methoxy groups -OCH3 is 1. The van der Waals surface area contributed by atoms with Crippen LogP contribution in [-0.2, 0) is 4.74 Å². The molecular weight excluding hydrogens is 276 g/mol. The molecule has 1 aromatic rings. The lowest BCUT2D eigenvalue weighted by Crippen LogP contribution is -2.40. The predicted octanol–water partition coefficient (Wildman–Crippen LogP) is 4.02. The number of ether oxygens (including phenoxy) is 1. The molecule has 0 aliphatic heterocycles. The molecule has 22 heavy (non-hydrogen) atoms. The highest BCUT2D eigenvalue weighted by Crippen LogP contribution is 2.57. The van der Waals surface area contributed by atoms with Crippen LogP contribution in [0.1, 0.15) is 48.0 Å². The molecule has 1 aromatic carbocycles. The molecule has 0 radical (unpaired) electrons. The zero-order valence-electron chi connectivity index (χ0n) is 12.9. The SMILES string of the molecule is COC(=C1C2CC3CC(C2)CC1C3)c1ccc(C=O)c(O)c1. The summed E-state index contributed by atoms with van der Waals surface area (Å²) in [6.07, 6.45) is 7.31. The van der Waals surface area contributed by atoms with Crippen molar-refractivity contribution in [1.82, 2.24) is 0 Å². The molecule has 4 aliphatic carbocycles. The summed E-state index contributed by atoms with van der Waals surface area (Å²) < 4.78 is 5.77.